The number of anilines is 1. The van der Waals surface area contributed by atoms with Crippen molar-refractivity contribution in [3.63, 3.8) is 0 Å². The van der Waals surface area contributed by atoms with Gasteiger partial charge in [-0.2, -0.15) is 0 Å². The molecule has 0 aromatic heterocycles. The Hall–Kier alpha value is -2.42. The molecular formula is C16H23N5O3S. The second-order valence-electron chi connectivity index (χ2n) is 5.95. The van der Waals surface area contributed by atoms with Crippen LogP contribution in [-0.4, -0.2) is 28.5 Å². The standard InChI is InChI=1S/C16H23N5O3S/c1-2-3-4-9-17-16(25)20-19-15(22)11-5-8-13(18-12-6-7-12)14(10-11)21(23)24/h5,8,10,12,18H,2-4,6-7,9H2,1H3,(H,19,22)(H2,17,20,25). The number of amides is 1. The molecule has 1 aromatic rings. The van der Waals surface area contributed by atoms with Crippen molar-refractivity contribution in [2.75, 3.05) is 11.9 Å². The maximum absolute atomic E-state index is 12.1. The van der Waals surface area contributed by atoms with Gasteiger partial charge in [0.25, 0.3) is 11.6 Å². The highest BCUT2D eigenvalue weighted by Crippen LogP contribution is 2.31. The number of hydrogen-bond acceptors (Lipinski definition) is 5. The first kappa shape index (κ1) is 18.9. The molecule has 1 aromatic carbocycles. The number of thiocarbonyl (C=S) groups is 1. The van der Waals surface area contributed by atoms with E-state index in [0.29, 0.717) is 10.8 Å². The molecule has 0 heterocycles. The summed E-state index contributed by atoms with van der Waals surface area (Å²) >= 11 is 5.06. The van der Waals surface area contributed by atoms with E-state index in [4.69, 9.17) is 12.2 Å². The Labute approximate surface area is 151 Å². The van der Waals surface area contributed by atoms with Crippen molar-refractivity contribution in [3.8, 4) is 0 Å². The minimum Gasteiger partial charge on any atom is -0.377 e. The normalized spacial score (nSPS) is 13.0. The molecule has 4 N–H and O–H groups in total. The number of nitrogens with zero attached hydrogens (tertiary/aromatic N) is 1. The highest BCUT2D eigenvalue weighted by Gasteiger charge is 2.25. The van der Waals surface area contributed by atoms with Crippen molar-refractivity contribution < 1.29 is 9.72 Å². The van der Waals surface area contributed by atoms with Crippen LogP contribution >= 0.6 is 12.2 Å². The minimum atomic E-state index is -0.491. The molecule has 2 rings (SSSR count). The number of benzene rings is 1. The zero-order valence-corrected chi connectivity index (χ0v) is 14.9. The van der Waals surface area contributed by atoms with Crippen molar-refractivity contribution >= 4 is 34.6 Å². The monoisotopic (exact) mass is 365 g/mol. The first-order chi connectivity index (χ1) is 12.0. The SMILES string of the molecule is CCCCCNC(=S)NNC(=O)c1ccc(NC2CC2)c([N+](=O)[O-])c1. The van der Waals surface area contributed by atoms with Gasteiger partial charge in [-0.05, 0) is 43.6 Å². The van der Waals surface area contributed by atoms with Gasteiger partial charge in [0.05, 0.1) is 4.92 Å². The summed E-state index contributed by atoms with van der Waals surface area (Å²) in [4.78, 5) is 22.9. The average Bonchev–Trinajstić information content (AvgIpc) is 3.40. The number of unbranched alkanes of at least 4 members (excludes halogenated alkanes) is 2. The molecule has 0 unspecified atom stereocenters. The van der Waals surface area contributed by atoms with E-state index in [1.807, 2.05) is 0 Å². The molecule has 0 spiro atoms. The lowest BCUT2D eigenvalue weighted by molar-refractivity contribution is -0.384. The van der Waals surface area contributed by atoms with Crippen LogP contribution in [0.4, 0.5) is 11.4 Å². The second kappa shape index (κ2) is 9.16. The molecule has 25 heavy (non-hydrogen) atoms. The van der Waals surface area contributed by atoms with Gasteiger partial charge in [-0.1, -0.05) is 19.8 Å². The van der Waals surface area contributed by atoms with E-state index < -0.39 is 10.8 Å². The molecule has 1 amide bonds. The van der Waals surface area contributed by atoms with Gasteiger partial charge in [0.15, 0.2) is 5.11 Å². The highest BCUT2D eigenvalue weighted by molar-refractivity contribution is 7.80. The number of nitro benzene ring substituents is 1. The minimum absolute atomic E-state index is 0.111. The topological polar surface area (TPSA) is 108 Å². The Kier molecular flexibility index (Phi) is 6.93. The fourth-order valence-electron chi connectivity index (χ4n) is 2.20. The summed E-state index contributed by atoms with van der Waals surface area (Å²) in [5.41, 5.74) is 5.55. The summed E-state index contributed by atoms with van der Waals surface area (Å²) in [5, 5.41) is 17.6. The van der Waals surface area contributed by atoms with E-state index in [2.05, 4.69) is 28.4 Å². The quantitative estimate of drug-likeness (QED) is 0.242. The zero-order chi connectivity index (χ0) is 18.2. The third-order valence-electron chi connectivity index (χ3n) is 3.75. The maximum atomic E-state index is 12.1. The Morgan fingerprint density at radius 2 is 2.08 bits per heavy atom. The van der Waals surface area contributed by atoms with Crippen LogP contribution in [-0.2, 0) is 0 Å². The molecule has 136 valence electrons. The summed E-state index contributed by atoms with van der Waals surface area (Å²) in [7, 11) is 0. The first-order valence-electron chi connectivity index (χ1n) is 8.40. The van der Waals surface area contributed by atoms with Crippen molar-refractivity contribution in [1.82, 2.24) is 16.2 Å². The summed E-state index contributed by atoms with van der Waals surface area (Å²) in [5.74, 6) is -0.487. The number of nitrogens with one attached hydrogen (secondary N) is 4. The molecule has 0 atom stereocenters. The largest absolute Gasteiger partial charge is 0.377 e. The molecule has 0 saturated heterocycles. The van der Waals surface area contributed by atoms with E-state index in [9.17, 15) is 14.9 Å². The maximum Gasteiger partial charge on any atom is 0.293 e. The third kappa shape index (κ3) is 6.18. The molecule has 0 aliphatic heterocycles. The average molecular weight is 365 g/mol. The fourth-order valence-corrected chi connectivity index (χ4v) is 2.35. The molecular weight excluding hydrogens is 342 g/mol. The van der Waals surface area contributed by atoms with Crippen molar-refractivity contribution in [1.29, 1.82) is 0 Å². The van der Waals surface area contributed by atoms with Crippen LogP contribution in [0, 0.1) is 10.1 Å². The van der Waals surface area contributed by atoms with Crippen molar-refractivity contribution in [3.05, 3.63) is 33.9 Å². The number of rotatable bonds is 8. The van der Waals surface area contributed by atoms with E-state index in [1.54, 1.807) is 12.1 Å². The summed E-state index contributed by atoms with van der Waals surface area (Å²) in [6.45, 7) is 2.84. The van der Waals surface area contributed by atoms with Gasteiger partial charge >= 0.3 is 0 Å². The number of hydrogen-bond donors (Lipinski definition) is 4. The van der Waals surface area contributed by atoms with Crippen LogP contribution in [0.25, 0.3) is 0 Å². The smallest absolute Gasteiger partial charge is 0.293 e. The van der Waals surface area contributed by atoms with Crippen LogP contribution in [0.15, 0.2) is 18.2 Å². The van der Waals surface area contributed by atoms with Crippen molar-refractivity contribution in [2.45, 2.75) is 45.1 Å². The zero-order valence-electron chi connectivity index (χ0n) is 14.1. The van der Waals surface area contributed by atoms with Gasteiger partial charge in [-0.25, -0.2) is 0 Å². The molecule has 1 fully saturated rings. The number of hydrazine groups is 1. The van der Waals surface area contributed by atoms with Gasteiger partial charge in [0.1, 0.15) is 5.69 Å². The predicted molar refractivity (Wildman–Crippen MR) is 100 cm³/mol. The Bertz CT molecular complexity index is 649. The van der Waals surface area contributed by atoms with E-state index in [-0.39, 0.29) is 17.3 Å². The van der Waals surface area contributed by atoms with Gasteiger partial charge in [-0.15, -0.1) is 0 Å². The Balaban J connectivity index is 1.89. The molecule has 0 radical (unpaired) electrons. The van der Waals surface area contributed by atoms with E-state index >= 15 is 0 Å². The van der Waals surface area contributed by atoms with Gasteiger partial charge in [0, 0.05) is 24.2 Å². The Morgan fingerprint density at radius 1 is 1.32 bits per heavy atom. The van der Waals surface area contributed by atoms with Crippen LogP contribution < -0.4 is 21.5 Å². The molecule has 9 heteroatoms. The van der Waals surface area contributed by atoms with Gasteiger partial charge < -0.3 is 10.6 Å². The Morgan fingerprint density at radius 3 is 2.72 bits per heavy atom. The molecule has 1 aliphatic carbocycles. The third-order valence-corrected chi connectivity index (χ3v) is 4.00. The lowest BCUT2D eigenvalue weighted by Crippen LogP contribution is -2.47. The summed E-state index contributed by atoms with van der Waals surface area (Å²) in [6, 6.07) is 4.66. The fraction of sp³-hybridized carbons (Fsp3) is 0.500. The summed E-state index contributed by atoms with van der Waals surface area (Å²) < 4.78 is 0. The van der Waals surface area contributed by atoms with Crippen molar-refractivity contribution in [2.24, 2.45) is 0 Å². The summed E-state index contributed by atoms with van der Waals surface area (Å²) in [6.07, 6.45) is 5.22. The number of nitro groups is 1. The van der Waals surface area contributed by atoms with E-state index in [1.165, 1.54) is 6.07 Å². The molecule has 8 nitrogen and oxygen atoms in total. The van der Waals surface area contributed by atoms with E-state index in [0.717, 1.165) is 38.6 Å². The molecule has 0 bridgehead atoms. The van der Waals surface area contributed by atoms with Gasteiger partial charge in [-0.3, -0.25) is 25.8 Å². The predicted octanol–water partition coefficient (Wildman–Crippen LogP) is 2.47. The lowest BCUT2D eigenvalue weighted by Gasteiger charge is -2.12. The molecule has 1 aliphatic rings. The molecule has 1 saturated carbocycles. The second-order valence-corrected chi connectivity index (χ2v) is 6.36. The van der Waals surface area contributed by atoms with Crippen LogP contribution in [0.1, 0.15) is 49.4 Å². The first-order valence-corrected chi connectivity index (χ1v) is 8.81. The number of carbonyl (C=O) groups excluding carboxylic acids is 1. The van der Waals surface area contributed by atoms with Crippen LogP contribution in [0.2, 0.25) is 0 Å². The number of carbonyl (C=O) groups is 1. The van der Waals surface area contributed by atoms with Crippen LogP contribution in [0.3, 0.4) is 0 Å². The van der Waals surface area contributed by atoms with Gasteiger partial charge in [0.2, 0.25) is 0 Å². The highest BCUT2D eigenvalue weighted by atomic mass is 32.1. The van der Waals surface area contributed by atoms with Crippen LogP contribution in [0.5, 0.6) is 0 Å². The lowest BCUT2D eigenvalue weighted by atomic mass is 10.1.